The number of fused-ring (bicyclic) bond motifs is 2. The first kappa shape index (κ1) is 27.8. The van der Waals surface area contributed by atoms with Gasteiger partial charge >= 0.3 is 0 Å². The molecule has 222 valence electrons. The van der Waals surface area contributed by atoms with Gasteiger partial charge in [-0.15, -0.1) is 0 Å². The smallest absolute Gasteiger partial charge is 0.246 e. The van der Waals surface area contributed by atoms with Gasteiger partial charge in [0.05, 0.1) is 29.2 Å². The number of allylic oxidation sites excluding steroid dienone is 1. The fourth-order valence-electron chi connectivity index (χ4n) is 6.85. The molecule has 9 nitrogen and oxygen atoms in total. The van der Waals surface area contributed by atoms with Crippen LogP contribution in [-0.4, -0.2) is 55.6 Å². The van der Waals surface area contributed by atoms with Crippen LogP contribution in [0, 0.1) is 11.2 Å². The van der Waals surface area contributed by atoms with Crippen LogP contribution < -0.4 is 0 Å². The highest BCUT2D eigenvalue weighted by Gasteiger charge is 2.51. The number of halogens is 1. The van der Waals surface area contributed by atoms with Crippen molar-refractivity contribution in [1.29, 1.82) is 0 Å². The quantitative estimate of drug-likeness (QED) is 0.261. The number of nitrogens with zero attached hydrogens (tertiary/aromatic N) is 6. The molecular formula is C32H33FN6O3S. The topological polar surface area (TPSA) is 103 Å². The van der Waals surface area contributed by atoms with Crippen LogP contribution >= 0.6 is 0 Å². The minimum absolute atomic E-state index is 0.0965. The zero-order valence-electron chi connectivity index (χ0n) is 24.1. The zero-order valence-corrected chi connectivity index (χ0v) is 25.0. The number of sulfonamides is 1. The van der Waals surface area contributed by atoms with Crippen LogP contribution in [0.1, 0.15) is 72.3 Å². The summed E-state index contributed by atoms with van der Waals surface area (Å²) in [6.45, 7) is 2.10. The number of Topliss-reactive ketones (excluding diaryl/α,β-unsaturated/α-hetero) is 1. The van der Waals surface area contributed by atoms with Crippen LogP contribution in [0.25, 0.3) is 11.8 Å². The SMILES string of the molecule is CCN([C@H]1CCC2=Cc3c(cnn3-c3ccc(F)cc3)C[C@]2(C(=O)c2ccc(C3CC3)cn2)C1)S(=O)(=O)c1cnn(C)c1. The van der Waals surface area contributed by atoms with Crippen molar-refractivity contribution in [3.05, 3.63) is 95.1 Å². The molecular weight excluding hydrogens is 567 g/mol. The number of ketones is 1. The van der Waals surface area contributed by atoms with Gasteiger partial charge in [0.25, 0.3) is 0 Å². The van der Waals surface area contributed by atoms with Gasteiger partial charge in [-0.2, -0.15) is 14.5 Å². The molecule has 3 aliphatic carbocycles. The van der Waals surface area contributed by atoms with E-state index in [0.29, 0.717) is 37.3 Å². The van der Waals surface area contributed by atoms with E-state index >= 15 is 0 Å². The Morgan fingerprint density at radius 3 is 2.51 bits per heavy atom. The number of carbonyl (C=O) groups is 1. The molecule has 0 bridgehead atoms. The second-order valence-electron chi connectivity index (χ2n) is 11.9. The minimum atomic E-state index is -3.83. The Balaban J connectivity index is 1.30. The van der Waals surface area contributed by atoms with E-state index in [4.69, 9.17) is 0 Å². The molecule has 2 saturated carbocycles. The van der Waals surface area contributed by atoms with Crippen LogP contribution in [-0.2, 0) is 23.5 Å². The van der Waals surface area contributed by atoms with E-state index in [9.17, 15) is 17.6 Å². The molecule has 0 aliphatic heterocycles. The molecule has 0 radical (unpaired) electrons. The third-order valence-corrected chi connectivity index (χ3v) is 11.2. The maximum atomic E-state index is 14.6. The Bertz CT molecular complexity index is 1840. The highest BCUT2D eigenvalue weighted by molar-refractivity contribution is 7.89. The second kappa shape index (κ2) is 10.3. The molecule has 3 heterocycles. The second-order valence-corrected chi connectivity index (χ2v) is 13.8. The third kappa shape index (κ3) is 4.75. The summed E-state index contributed by atoms with van der Waals surface area (Å²) in [5, 5.41) is 8.70. The summed E-state index contributed by atoms with van der Waals surface area (Å²) < 4.78 is 46.0. The largest absolute Gasteiger partial charge is 0.291 e. The molecule has 1 aromatic carbocycles. The molecule has 3 aliphatic rings. The average Bonchev–Trinajstić information content (AvgIpc) is 3.64. The lowest BCUT2D eigenvalue weighted by Crippen LogP contribution is -2.50. The van der Waals surface area contributed by atoms with Crippen LogP contribution in [0.15, 0.2) is 71.7 Å². The van der Waals surface area contributed by atoms with Gasteiger partial charge in [-0.05, 0) is 92.0 Å². The summed E-state index contributed by atoms with van der Waals surface area (Å²) in [5.41, 5.74) is 3.99. The normalized spacial score (nSPS) is 21.8. The van der Waals surface area contributed by atoms with E-state index in [-0.39, 0.29) is 23.0 Å². The Morgan fingerprint density at radius 1 is 1.07 bits per heavy atom. The van der Waals surface area contributed by atoms with Crippen molar-refractivity contribution in [2.45, 2.75) is 62.3 Å². The van der Waals surface area contributed by atoms with Gasteiger partial charge in [0.1, 0.15) is 16.4 Å². The van der Waals surface area contributed by atoms with Gasteiger partial charge < -0.3 is 0 Å². The molecule has 0 saturated heterocycles. The highest BCUT2D eigenvalue weighted by Crippen LogP contribution is 2.51. The van der Waals surface area contributed by atoms with Gasteiger partial charge in [0.15, 0.2) is 5.78 Å². The molecule has 2 fully saturated rings. The monoisotopic (exact) mass is 600 g/mol. The summed E-state index contributed by atoms with van der Waals surface area (Å²) in [7, 11) is -2.14. The van der Waals surface area contributed by atoms with E-state index in [1.54, 1.807) is 30.1 Å². The lowest BCUT2D eigenvalue weighted by molar-refractivity contribution is 0.0739. The van der Waals surface area contributed by atoms with E-state index in [2.05, 4.69) is 15.2 Å². The number of hydrogen-bond acceptors (Lipinski definition) is 6. The Morgan fingerprint density at radius 2 is 1.86 bits per heavy atom. The van der Waals surface area contributed by atoms with Crippen LogP contribution in [0.4, 0.5) is 4.39 Å². The summed E-state index contributed by atoms with van der Waals surface area (Å²) in [4.78, 5) is 19.4. The maximum absolute atomic E-state index is 14.6. The third-order valence-electron chi connectivity index (χ3n) is 9.22. The molecule has 7 rings (SSSR count). The molecule has 0 spiro atoms. The van der Waals surface area contributed by atoms with E-state index in [0.717, 1.165) is 40.9 Å². The maximum Gasteiger partial charge on any atom is 0.246 e. The summed E-state index contributed by atoms with van der Waals surface area (Å²) in [5.74, 6) is 0.100. The van der Waals surface area contributed by atoms with Crippen LogP contribution in [0.3, 0.4) is 0 Å². The first-order valence-corrected chi connectivity index (χ1v) is 16.2. The predicted molar refractivity (Wildman–Crippen MR) is 159 cm³/mol. The van der Waals surface area contributed by atoms with Gasteiger partial charge in [-0.3, -0.25) is 14.5 Å². The van der Waals surface area contributed by atoms with Gasteiger partial charge in [-0.25, -0.2) is 17.5 Å². The lowest BCUT2D eigenvalue weighted by Gasteiger charge is -2.46. The average molecular weight is 601 g/mol. The van der Waals surface area contributed by atoms with E-state index < -0.39 is 21.5 Å². The Labute approximate surface area is 250 Å². The summed E-state index contributed by atoms with van der Waals surface area (Å²) in [6, 6.07) is 9.60. The number of rotatable bonds is 8. The number of carbonyl (C=O) groups excluding carboxylic acids is 1. The fourth-order valence-corrected chi connectivity index (χ4v) is 8.50. The van der Waals surface area contributed by atoms with E-state index in [1.165, 1.54) is 33.5 Å². The van der Waals surface area contributed by atoms with Crippen molar-refractivity contribution in [2.75, 3.05) is 6.54 Å². The van der Waals surface area contributed by atoms with Gasteiger partial charge in [-0.1, -0.05) is 18.6 Å². The van der Waals surface area contributed by atoms with Crippen molar-refractivity contribution in [1.82, 2.24) is 28.9 Å². The minimum Gasteiger partial charge on any atom is -0.291 e. The molecule has 2 atom stereocenters. The molecule has 11 heteroatoms. The first-order chi connectivity index (χ1) is 20.7. The van der Waals surface area contributed by atoms with Gasteiger partial charge in [0.2, 0.25) is 10.0 Å². The number of aromatic nitrogens is 5. The number of pyridine rings is 1. The molecule has 3 aromatic heterocycles. The first-order valence-electron chi connectivity index (χ1n) is 14.7. The zero-order chi connectivity index (χ0) is 29.9. The highest BCUT2D eigenvalue weighted by atomic mass is 32.2. The van der Waals surface area contributed by atoms with Crippen LogP contribution in [0.5, 0.6) is 0 Å². The number of hydrogen-bond donors (Lipinski definition) is 0. The van der Waals surface area contributed by atoms with Crippen molar-refractivity contribution < 1.29 is 17.6 Å². The standard InChI is InChI=1S/C32H33FN6O3S/c1-3-38(43(41,42)28-19-35-37(2)20-28)27-10-7-24-14-30-23(18-36-39(30)26-11-8-25(33)9-12-26)15-32(24,16-27)31(40)29-13-6-22(17-34-29)21-4-5-21/h6,8-9,11-14,17-21,27H,3-5,7,10,15-16H2,1-2H3/t27-,32-/m0/s1. The van der Waals surface area contributed by atoms with Crippen molar-refractivity contribution in [3.63, 3.8) is 0 Å². The lowest BCUT2D eigenvalue weighted by atomic mass is 9.60. The molecule has 4 aromatic rings. The molecule has 0 N–H and O–H groups in total. The molecule has 0 amide bonds. The van der Waals surface area contributed by atoms with Gasteiger partial charge in [0, 0.05) is 32.0 Å². The molecule has 0 unspecified atom stereocenters. The van der Waals surface area contributed by atoms with E-state index in [1.807, 2.05) is 31.3 Å². The fraction of sp³-hybridized carbons (Fsp3) is 0.375. The number of benzene rings is 1. The summed E-state index contributed by atoms with van der Waals surface area (Å²) in [6.07, 6.45) is 12.6. The Kier molecular flexibility index (Phi) is 6.70. The predicted octanol–water partition coefficient (Wildman–Crippen LogP) is 5.09. The Hall–Kier alpha value is -3.96. The number of aryl methyl sites for hydroxylation is 1. The van der Waals surface area contributed by atoms with Crippen molar-refractivity contribution in [2.24, 2.45) is 12.5 Å². The van der Waals surface area contributed by atoms with Crippen molar-refractivity contribution in [3.8, 4) is 5.69 Å². The van der Waals surface area contributed by atoms with Crippen molar-refractivity contribution >= 4 is 21.9 Å². The summed E-state index contributed by atoms with van der Waals surface area (Å²) >= 11 is 0. The van der Waals surface area contributed by atoms with Crippen LogP contribution in [0.2, 0.25) is 0 Å². The molecule has 43 heavy (non-hydrogen) atoms.